The molecular weight excluding hydrogens is 188 g/mol. The zero-order valence-corrected chi connectivity index (χ0v) is 8.02. The van der Waals surface area contributed by atoms with Gasteiger partial charge in [-0.15, -0.1) is 0 Å². The predicted molar refractivity (Wildman–Crippen MR) is 48.3 cm³/mol. The number of rotatable bonds is 4. The zero-order valence-electron chi connectivity index (χ0n) is 8.02. The largest absolute Gasteiger partial charge is 0.465 e. The van der Waals surface area contributed by atoms with E-state index in [-0.39, 0.29) is 5.78 Å². The third kappa shape index (κ3) is 2.97. The summed E-state index contributed by atoms with van der Waals surface area (Å²) in [5.41, 5.74) is 0. The van der Waals surface area contributed by atoms with Crippen LogP contribution in [-0.2, 0) is 9.53 Å². The number of Topliss-reactive ketones (excluding diaryl/α,β-unsaturated/α-hetero) is 1. The lowest BCUT2D eigenvalue weighted by Crippen LogP contribution is -2.40. The van der Waals surface area contributed by atoms with Crippen LogP contribution in [0.5, 0.6) is 0 Å². The van der Waals surface area contributed by atoms with Crippen LogP contribution in [0.1, 0.15) is 0 Å². The topological polar surface area (TPSA) is 78.9 Å². The molecule has 0 aliphatic carbocycles. The zero-order chi connectivity index (χ0) is 10.6. The molecule has 1 amide bonds. The van der Waals surface area contributed by atoms with Crippen molar-refractivity contribution in [3.63, 3.8) is 0 Å². The number of carbonyl (C=O) groups excluding carboxylic acids is 1. The first-order valence-electron chi connectivity index (χ1n) is 4.37. The summed E-state index contributed by atoms with van der Waals surface area (Å²) in [6, 6.07) is -0.579. The summed E-state index contributed by atoms with van der Waals surface area (Å²) in [5, 5.41) is 10.6. The molecule has 0 aromatic heterocycles. The van der Waals surface area contributed by atoms with Crippen molar-refractivity contribution in [3.05, 3.63) is 0 Å². The smallest absolute Gasteiger partial charge is 0.405 e. The van der Waals surface area contributed by atoms with Crippen molar-refractivity contribution in [3.8, 4) is 0 Å². The van der Waals surface area contributed by atoms with Crippen molar-refractivity contribution >= 4 is 11.9 Å². The minimum Gasteiger partial charge on any atom is -0.465 e. The normalized spacial score (nSPS) is 22.6. The Bertz CT molecular complexity index is 231. The van der Waals surface area contributed by atoms with Crippen molar-refractivity contribution in [2.45, 2.75) is 6.04 Å². The van der Waals surface area contributed by atoms with Crippen LogP contribution in [0.3, 0.4) is 0 Å². The summed E-state index contributed by atoms with van der Waals surface area (Å²) < 4.78 is 4.87. The molecule has 1 saturated heterocycles. The number of carbonyl (C=O) groups is 2. The minimum absolute atomic E-state index is 0.0801. The van der Waals surface area contributed by atoms with Gasteiger partial charge in [0.25, 0.3) is 0 Å². The van der Waals surface area contributed by atoms with Gasteiger partial charge in [-0.3, -0.25) is 9.69 Å². The van der Waals surface area contributed by atoms with Crippen molar-refractivity contribution in [2.24, 2.45) is 0 Å². The van der Waals surface area contributed by atoms with Gasteiger partial charge in [0.05, 0.1) is 13.2 Å². The van der Waals surface area contributed by atoms with E-state index in [0.717, 1.165) is 0 Å². The lowest BCUT2D eigenvalue weighted by Gasteiger charge is -2.13. The van der Waals surface area contributed by atoms with Crippen molar-refractivity contribution in [1.82, 2.24) is 10.2 Å². The highest BCUT2D eigenvalue weighted by molar-refractivity contribution is 5.90. The summed E-state index contributed by atoms with van der Waals surface area (Å²) >= 11 is 0. The van der Waals surface area contributed by atoms with E-state index in [9.17, 15) is 9.59 Å². The van der Waals surface area contributed by atoms with Crippen LogP contribution in [0.4, 0.5) is 4.79 Å². The summed E-state index contributed by atoms with van der Waals surface area (Å²) in [4.78, 5) is 23.5. The molecule has 1 fully saturated rings. The maximum absolute atomic E-state index is 11.3. The standard InChI is InChI=1S/C8H14N2O4/c1-14-3-2-10-4-6(7(11)5-10)9-8(12)13/h6,9H,2-5H2,1H3,(H,12,13). The Morgan fingerprint density at radius 3 is 3.07 bits per heavy atom. The van der Waals surface area contributed by atoms with Gasteiger partial charge in [0, 0.05) is 20.2 Å². The quantitative estimate of drug-likeness (QED) is 0.621. The highest BCUT2D eigenvalue weighted by atomic mass is 16.5. The number of ketones is 1. The Kier molecular flexibility index (Phi) is 3.84. The molecule has 1 aliphatic rings. The molecule has 1 rings (SSSR count). The fraction of sp³-hybridized carbons (Fsp3) is 0.750. The number of methoxy groups -OCH3 is 1. The Labute approximate surface area is 81.8 Å². The van der Waals surface area contributed by atoms with E-state index < -0.39 is 12.1 Å². The number of ether oxygens (including phenoxy) is 1. The minimum atomic E-state index is -1.16. The maximum atomic E-state index is 11.3. The Morgan fingerprint density at radius 2 is 2.50 bits per heavy atom. The molecular formula is C8H14N2O4. The van der Waals surface area contributed by atoms with Crippen LogP contribution in [-0.4, -0.2) is 61.3 Å². The lowest BCUT2D eigenvalue weighted by atomic mass is 10.2. The van der Waals surface area contributed by atoms with Crippen molar-refractivity contribution in [2.75, 3.05) is 33.4 Å². The van der Waals surface area contributed by atoms with E-state index in [1.807, 2.05) is 4.90 Å². The molecule has 0 spiro atoms. The fourth-order valence-corrected chi connectivity index (χ4v) is 1.42. The second-order valence-corrected chi connectivity index (χ2v) is 3.20. The van der Waals surface area contributed by atoms with Crippen LogP contribution in [0, 0.1) is 0 Å². The Hall–Kier alpha value is -1.14. The summed E-state index contributed by atoms with van der Waals surface area (Å²) in [5.74, 6) is -0.0801. The van der Waals surface area contributed by atoms with Gasteiger partial charge in [-0.25, -0.2) is 4.79 Å². The molecule has 1 atom stereocenters. The molecule has 1 unspecified atom stereocenters. The average Bonchev–Trinajstić information content (AvgIpc) is 2.43. The molecule has 0 bridgehead atoms. The number of nitrogens with zero attached hydrogens (tertiary/aromatic N) is 1. The van der Waals surface area contributed by atoms with E-state index in [4.69, 9.17) is 9.84 Å². The Balaban J connectivity index is 2.35. The van der Waals surface area contributed by atoms with Gasteiger partial charge in [-0.2, -0.15) is 0 Å². The number of hydrogen-bond donors (Lipinski definition) is 2. The van der Waals surface area contributed by atoms with Crippen LogP contribution in [0.25, 0.3) is 0 Å². The third-order valence-electron chi connectivity index (χ3n) is 2.12. The molecule has 0 aromatic rings. The monoisotopic (exact) mass is 202 g/mol. The first kappa shape index (κ1) is 10.9. The van der Waals surface area contributed by atoms with E-state index in [0.29, 0.717) is 26.2 Å². The molecule has 0 aromatic carbocycles. The molecule has 0 radical (unpaired) electrons. The number of likely N-dealkylation sites (tertiary alicyclic amines) is 1. The van der Waals surface area contributed by atoms with Crippen molar-refractivity contribution < 1.29 is 19.4 Å². The van der Waals surface area contributed by atoms with E-state index in [2.05, 4.69) is 5.32 Å². The molecule has 14 heavy (non-hydrogen) atoms. The molecule has 1 heterocycles. The van der Waals surface area contributed by atoms with E-state index >= 15 is 0 Å². The predicted octanol–water partition coefficient (Wildman–Crippen LogP) is -0.846. The van der Waals surface area contributed by atoms with Gasteiger partial charge in [0.15, 0.2) is 5.78 Å². The molecule has 80 valence electrons. The van der Waals surface area contributed by atoms with Gasteiger partial charge in [-0.05, 0) is 0 Å². The van der Waals surface area contributed by atoms with Crippen LogP contribution in [0.2, 0.25) is 0 Å². The van der Waals surface area contributed by atoms with Gasteiger partial charge in [-0.1, -0.05) is 0 Å². The average molecular weight is 202 g/mol. The van der Waals surface area contributed by atoms with Gasteiger partial charge >= 0.3 is 6.09 Å². The van der Waals surface area contributed by atoms with E-state index in [1.165, 1.54) is 0 Å². The Morgan fingerprint density at radius 1 is 1.79 bits per heavy atom. The summed E-state index contributed by atoms with van der Waals surface area (Å²) in [6.45, 7) is 1.94. The molecule has 6 heteroatoms. The molecule has 1 aliphatic heterocycles. The number of carboxylic acid groups (broad SMARTS) is 1. The SMILES string of the molecule is COCCN1CC(=O)C(NC(=O)O)C1. The second-order valence-electron chi connectivity index (χ2n) is 3.20. The van der Waals surface area contributed by atoms with Gasteiger partial charge in [0.2, 0.25) is 0 Å². The highest BCUT2D eigenvalue weighted by Crippen LogP contribution is 2.04. The van der Waals surface area contributed by atoms with Crippen molar-refractivity contribution in [1.29, 1.82) is 0 Å². The summed E-state index contributed by atoms with van der Waals surface area (Å²) in [7, 11) is 1.59. The first-order chi connectivity index (χ1) is 6.63. The van der Waals surface area contributed by atoms with E-state index in [1.54, 1.807) is 7.11 Å². The third-order valence-corrected chi connectivity index (χ3v) is 2.12. The van der Waals surface area contributed by atoms with Gasteiger partial charge in [0.1, 0.15) is 6.04 Å². The number of amides is 1. The molecule has 6 nitrogen and oxygen atoms in total. The number of hydrogen-bond acceptors (Lipinski definition) is 4. The van der Waals surface area contributed by atoms with Crippen LogP contribution in [0.15, 0.2) is 0 Å². The second kappa shape index (κ2) is 4.92. The van der Waals surface area contributed by atoms with Crippen LogP contribution < -0.4 is 5.32 Å². The summed E-state index contributed by atoms with van der Waals surface area (Å²) in [6.07, 6.45) is -1.16. The lowest BCUT2D eigenvalue weighted by molar-refractivity contribution is -0.118. The van der Waals surface area contributed by atoms with Crippen LogP contribution >= 0.6 is 0 Å². The number of nitrogens with one attached hydrogen (secondary N) is 1. The molecule has 2 N–H and O–H groups in total. The fourth-order valence-electron chi connectivity index (χ4n) is 1.42. The molecule has 0 saturated carbocycles. The highest BCUT2D eigenvalue weighted by Gasteiger charge is 2.31. The maximum Gasteiger partial charge on any atom is 0.405 e. The first-order valence-corrected chi connectivity index (χ1v) is 4.37. The van der Waals surface area contributed by atoms with Gasteiger partial charge < -0.3 is 15.2 Å².